The van der Waals surface area contributed by atoms with Crippen molar-refractivity contribution >= 4 is 45.9 Å². The molecule has 7 nitrogen and oxygen atoms in total. The molecule has 0 aliphatic carbocycles. The zero-order chi connectivity index (χ0) is 19.8. The second-order valence-corrected chi connectivity index (χ2v) is 6.81. The van der Waals surface area contributed by atoms with E-state index in [0.717, 1.165) is 5.69 Å². The summed E-state index contributed by atoms with van der Waals surface area (Å²) in [6.45, 7) is -0.166. The molecule has 144 valence electrons. The normalized spacial score (nSPS) is 10.6. The van der Waals surface area contributed by atoms with Crippen LogP contribution in [0.4, 0.5) is 10.8 Å². The Hall–Kier alpha value is -3.10. The number of hydrogen-bond donors (Lipinski definition) is 2. The number of carbonyl (C=O) groups is 1. The van der Waals surface area contributed by atoms with Crippen LogP contribution < -0.4 is 20.2 Å². The lowest BCUT2D eigenvalue weighted by Gasteiger charge is -2.05. The van der Waals surface area contributed by atoms with Crippen LogP contribution in [0.3, 0.4) is 0 Å². The number of nitrogens with one attached hydrogen (secondary N) is 2. The molecule has 0 spiro atoms. The minimum Gasteiger partial charge on any atom is -0.497 e. The van der Waals surface area contributed by atoms with Crippen LogP contribution >= 0.6 is 22.9 Å². The molecule has 0 atom stereocenters. The summed E-state index contributed by atoms with van der Waals surface area (Å²) in [6, 6.07) is 16.5. The van der Waals surface area contributed by atoms with Gasteiger partial charge in [-0.3, -0.25) is 4.79 Å². The lowest BCUT2D eigenvalue weighted by atomic mass is 10.3. The molecule has 0 saturated carbocycles. The van der Waals surface area contributed by atoms with Crippen molar-refractivity contribution in [3.8, 4) is 11.5 Å². The van der Waals surface area contributed by atoms with Crippen molar-refractivity contribution in [3.05, 3.63) is 64.6 Å². The quantitative estimate of drug-likeness (QED) is 0.427. The van der Waals surface area contributed by atoms with Gasteiger partial charge in [0.15, 0.2) is 16.9 Å². The Morgan fingerprint density at radius 2 is 1.89 bits per heavy atom. The highest BCUT2D eigenvalue weighted by atomic mass is 35.5. The predicted octanol–water partition coefficient (Wildman–Crippen LogP) is 4.08. The van der Waals surface area contributed by atoms with Gasteiger partial charge in [0.2, 0.25) is 0 Å². The Balaban J connectivity index is 1.49. The average Bonchev–Trinajstić information content (AvgIpc) is 3.06. The van der Waals surface area contributed by atoms with Crippen molar-refractivity contribution < 1.29 is 14.3 Å². The number of para-hydroxylation sites is 1. The number of anilines is 2. The van der Waals surface area contributed by atoms with Crippen LogP contribution in [0.25, 0.3) is 0 Å². The Morgan fingerprint density at radius 1 is 1.18 bits per heavy atom. The standard InChI is InChI=1S/C19H17ClN4O3S/c1-26-14-7-9-15(10-8-14)27-12-17(25)24-21-11-16-18(20)23-19(28-16)22-13-5-3-2-4-6-13/h2-11H,12H2,1H3,(H,22,23)(H,24,25)/b21-11+. The van der Waals surface area contributed by atoms with Crippen molar-refractivity contribution in [1.82, 2.24) is 10.4 Å². The van der Waals surface area contributed by atoms with Crippen LogP contribution in [0, 0.1) is 0 Å². The maximum Gasteiger partial charge on any atom is 0.277 e. The summed E-state index contributed by atoms with van der Waals surface area (Å²) in [5.74, 6) is 0.876. The van der Waals surface area contributed by atoms with Crippen LogP contribution in [0.15, 0.2) is 59.7 Å². The molecule has 0 aliphatic heterocycles. The van der Waals surface area contributed by atoms with Crippen molar-refractivity contribution in [2.75, 3.05) is 19.0 Å². The molecule has 0 saturated heterocycles. The monoisotopic (exact) mass is 416 g/mol. The molecule has 9 heteroatoms. The van der Waals surface area contributed by atoms with Gasteiger partial charge in [-0.05, 0) is 36.4 Å². The van der Waals surface area contributed by atoms with E-state index in [1.807, 2.05) is 30.3 Å². The van der Waals surface area contributed by atoms with Gasteiger partial charge in [-0.2, -0.15) is 5.10 Å². The van der Waals surface area contributed by atoms with Gasteiger partial charge >= 0.3 is 0 Å². The molecule has 0 bridgehead atoms. The SMILES string of the molecule is COc1ccc(OCC(=O)N/N=C/c2sc(Nc3ccccc3)nc2Cl)cc1. The first kappa shape index (κ1) is 19.7. The number of rotatable bonds is 8. The largest absolute Gasteiger partial charge is 0.497 e. The van der Waals surface area contributed by atoms with Crippen molar-refractivity contribution in [2.45, 2.75) is 0 Å². The third-order valence-electron chi connectivity index (χ3n) is 3.44. The molecule has 3 aromatic rings. The maximum absolute atomic E-state index is 11.8. The maximum atomic E-state index is 11.8. The zero-order valence-electron chi connectivity index (χ0n) is 14.9. The van der Waals surface area contributed by atoms with Gasteiger partial charge in [0, 0.05) is 5.69 Å². The van der Waals surface area contributed by atoms with Crippen LogP contribution in [-0.2, 0) is 4.79 Å². The lowest BCUT2D eigenvalue weighted by Crippen LogP contribution is -2.24. The van der Waals surface area contributed by atoms with E-state index in [-0.39, 0.29) is 6.61 Å². The molecule has 0 unspecified atom stereocenters. The molecule has 2 N–H and O–H groups in total. The molecule has 0 fully saturated rings. The van der Waals surface area contributed by atoms with Gasteiger partial charge in [0.25, 0.3) is 5.91 Å². The van der Waals surface area contributed by atoms with Gasteiger partial charge in [-0.1, -0.05) is 41.1 Å². The van der Waals surface area contributed by atoms with Crippen LogP contribution in [0.1, 0.15) is 4.88 Å². The van der Waals surface area contributed by atoms with Gasteiger partial charge < -0.3 is 14.8 Å². The number of nitrogens with zero attached hydrogens (tertiary/aromatic N) is 2. The number of carbonyl (C=O) groups excluding carboxylic acids is 1. The number of halogens is 1. The molecule has 2 aromatic carbocycles. The number of thiazole rings is 1. The number of methoxy groups -OCH3 is 1. The summed E-state index contributed by atoms with van der Waals surface area (Å²) < 4.78 is 10.4. The fraction of sp³-hybridized carbons (Fsp3) is 0.105. The first-order chi connectivity index (χ1) is 13.6. The summed E-state index contributed by atoms with van der Waals surface area (Å²) in [4.78, 5) is 16.7. The lowest BCUT2D eigenvalue weighted by molar-refractivity contribution is -0.123. The van der Waals surface area contributed by atoms with Crippen molar-refractivity contribution in [2.24, 2.45) is 5.10 Å². The minimum absolute atomic E-state index is 0.166. The third kappa shape index (κ3) is 5.70. The smallest absolute Gasteiger partial charge is 0.277 e. The summed E-state index contributed by atoms with van der Waals surface area (Å²) in [7, 11) is 1.58. The molecule has 0 radical (unpaired) electrons. The fourth-order valence-corrected chi connectivity index (χ4v) is 3.16. The summed E-state index contributed by atoms with van der Waals surface area (Å²) in [6.07, 6.45) is 1.45. The average molecular weight is 417 g/mol. The highest BCUT2D eigenvalue weighted by Gasteiger charge is 2.08. The number of benzene rings is 2. The predicted molar refractivity (Wildman–Crippen MR) is 111 cm³/mol. The third-order valence-corrected chi connectivity index (χ3v) is 4.74. The molecular weight excluding hydrogens is 400 g/mol. The first-order valence-electron chi connectivity index (χ1n) is 8.21. The van der Waals surface area contributed by atoms with Crippen molar-refractivity contribution in [1.29, 1.82) is 0 Å². The summed E-state index contributed by atoms with van der Waals surface area (Å²) in [5, 5.41) is 7.99. The highest BCUT2D eigenvalue weighted by molar-refractivity contribution is 7.17. The second kappa shape index (κ2) is 9.72. The van der Waals surface area contributed by atoms with Gasteiger partial charge in [0.05, 0.1) is 18.2 Å². The number of aromatic nitrogens is 1. The zero-order valence-corrected chi connectivity index (χ0v) is 16.5. The Kier molecular flexibility index (Phi) is 6.83. The van der Waals surface area contributed by atoms with Crippen LogP contribution in [0.5, 0.6) is 11.5 Å². The Morgan fingerprint density at radius 3 is 2.61 bits per heavy atom. The van der Waals surface area contributed by atoms with Crippen molar-refractivity contribution in [3.63, 3.8) is 0 Å². The molecule has 1 heterocycles. The summed E-state index contributed by atoms with van der Waals surface area (Å²) >= 11 is 7.43. The number of hydrogen-bond acceptors (Lipinski definition) is 7. The van der Waals surface area contributed by atoms with Crippen LogP contribution in [0.2, 0.25) is 5.15 Å². The van der Waals surface area contributed by atoms with E-state index >= 15 is 0 Å². The number of ether oxygens (including phenoxy) is 2. The molecule has 28 heavy (non-hydrogen) atoms. The minimum atomic E-state index is -0.393. The van der Waals surface area contributed by atoms with Gasteiger partial charge in [0.1, 0.15) is 11.5 Å². The highest BCUT2D eigenvalue weighted by Crippen LogP contribution is 2.27. The van der Waals surface area contributed by atoms with E-state index in [0.29, 0.717) is 26.7 Å². The Bertz CT molecular complexity index is 946. The molecule has 1 amide bonds. The van der Waals surface area contributed by atoms with E-state index < -0.39 is 5.91 Å². The molecule has 3 rings (SSSR count). The topological polar surface area (TPSA) is 84.8 Å². The van der Waals surface area contributed by atoms with E-state index in [4.69, 9.17) is 21.1 Å². The molecular formula is C19H17ClN4O3S. The van der Waals surface area contributed by atoms with Gasteiger partial charge in [-0.15, -0.1) is 0 Å². The van der Waals surface area contributed by atoms with E-state index in [1.54, 1.807) is 31.4 Å². The summed E-state index contributed by atoms with van der Waals surface area (Å²) in [5.41, 5.74) is 3.29. The molecule has 0 aliphatic rings. The number of hydrazone groups is 1. The second-order valence-electron chi connectivity index (χ2n) is 5.42. The molecule has 1 aromatic heterocycles. The Labute approximate surface area is 171 Å². The fourth-order valence-electron chi connectivity index (χ4n) is 2.11. The van der Waals surface area contributed by atoms with E-state index in [1.165, 1.54) is 17.6 Å². The first-order valence-corrected chi connectivity index (χ1v) is 9.40. The van der Waals surface area contributed by atoms with Crippen LogP contribution in [-0.4, -0.2) is 30.8 Å². The number of amides is 1. The van der Waals surface area contributed by atoms with E-state index in [9.17, 15) is 4.79 Å². The van der Waals surface area contributed by atoms with E-state index in [2.05, 4.69) is 20.8 Å². The van der Waals surface area contributed by atoms with Gasteiger partial charge in [-0.25, -0.2) is 10.4 Å².